The van der Waals surface area contributed by atoms with E-state index in [1.807, 2.05) is 19.9 Å². The van der Waals surface area contributed by atoms with Crippen LogP contribution in [0.15, 0.2) is 53.5 Å². The Morgan fingerprint density at radius 3 is 2.31 bits per heavy atom. The van der Waals surface area contributed by atoms with Crippen LogP contribution in [0.3, 0.4) is 0 Å². The van der Waals surface area contributed by atoms with Crippen LogP contribution in [-0.4, -0.2) is 48.3 Å². The molecule has 1 aliphatic rings. The molecule has 35 heavy (non-hydrogen) atoms. The summed E-state index contributed by atoms with van der Waals surface area (Å²) in [5.74, 6) is -2.15. The molecule has 1 aliphatic heterocycles. The molecule has 8 nitrogen and oxygen atoms in total. The maximum absolute atomic E-state index is 12.6. The largest absolute Gasteiger partial charge is 0.508 e. The van der Waals surface area contributed by atoms with Crippen molar-refractivity contribution >= 4 is 17.6 Å². The second kappa shape index (κ2) is 9.85. The lowest BCUT2D eigenvalue weighted by atomic mass is 9.94. The second-order valence-corrected chi connectivity index (χ2v) is 9.37. The number of carbonyl (C=O) groups is 1. The van der Waals surface area contributed by atoms with Crippen molar-refractivity contribution in [2.24, 2.45) is 0 Å². The van der Waals surface area contributed by atoms with Crippen LogP contribution in [-0.2, 0) is 22.4 Å². The summed E-state index contributed by atoms with van der Waals surface area (Å²) in [5, 5.41) is 61.6. The Kier molecular flexibility index (Phi) is 7.28. The van der Waals surface area contributed by atoms with Gasteiger partial charge in [-0.05, 0) is 75.1 Å². The number of esters is 1. The lowest BCUT2D eigenvalue weighted by molar-refractivity contribution is -0.131. The third kappa shape index (κ3) is 5.85. The number of aliphatic hydroxyl groups is 3. The first-order valence-electron chi connectivity index (χ1n) is 11.1. The molecule has 0 aromatic heterocycles. The highest BCUT2D eigenvalue weighted by atomic mass is 16.6. The number of ether oxygens (including phenoxy) is 1. The molecule has 0 bridgehead atoms. The van der Waals surface area contributed by atoms with Gasteiger partial charge in [-0.1, -0.05) is 17.7 Å². The molecule has 0 saturated carbocycles. The topological polar surface area (TPSA) is 148 Å². The lowest BCUT2D eigenvalue weighted by Gasteiger charge is -2.24. The maximum Gasteiger partial charge on any atom is 0.348 e. The molecule has 0 saturated heterocycles. The first-order valence-corrected chi connectivity index (χ1v) is 11.1. The minimum absolute atomic E-state index is 0.0190. The Labute approximate surface area is 203 Å². The van der Waals surface area contributed by atoms with Crippen LogP contribution in [0.4, 0.5) is 0 Å². The van der Waals surface area contributed by atoms with Crippen LogP contribution >= 0.6 is 0 Å². The van der Waals surface area contributed by atoms with Gasteiger partial charge < -0.3 is 35.4 Å². The van der Waals surface area contributed by atoms with Crippen molar-refractivity contribution in [3.05, 3.63) is 75.8 Å². The highest BCUT2D eigenvalue weighted by molar-refractivity contribution is 6.21. The molecular formula is C27H30O8. The molecule has 2 aromatic rings. The number of hydrogen-bond acceptors (Lipinski definition) is 8. The van der Waals surface area contributed by atoms with E-state index in [4.69, 9.17) is 4.74 Å². The van der Waals surface area contributed by atoms with Crippen molar-refractivity contribution in [2.75, 3.05) is 0 Å². The minimum atomic E-state index is -1.38. The molecule has 1 unspecified atom stereocenters. The summed E-state index contributed by atoms with van der Waals surface area (Å²) < 4.78 is 5.23. The average molecular weight is 483 g/mol. The standard InChI is InChI=1S/C27H30O8/c1-14(2)5-7-16-11-18(21(30)13-20(16)29)24-25(32)22(35-26(24)33)10-15-6-8-19(28)17(9-15)12-23(31)27(3,4)34/h5-6,8-11,13,23,28-32,34H,7,12H2,1-4H3/b22-10-. The highest BCUT2D eigenvalue weighted by Crippen LogP contribution is 2.39. The zero-order chi connectivity index (χ0) is 26.1. The van der Waals surface area contributed by atoms with Gasteiger partial charge in [-0.2, -0.15) is 0 Å². The fraction of sp³-hybridized carbons (Fsp3) is 0.296. The van der Waals surface area contributed by atoms with Crippen molar-refractivity contribution in [3.8, 4) is 17.2 Å². The summed E-state index contributed by atoms with van der Waals surface area (Å²) in [6, 6.07) is 6.98. The molecule has 0 amide bonds. The number of hydrogen-bond donors (Lipinski definition) is 6. The van der Waals surface area contributed by atoms with Gasteiger partial charge in [0.1, 0.15) is 22.8 Å². The van der Waals surface area contributed by atoms with E-state index < -0.39 is 29.2 Å². The fourth-order valence-electron chi connectivity index (χ4n) is 3.52. The molecule has 2 aromatic carbocycles. The van der Waals surface area contributed by atoms with Gasteiger partial charge in [-0.15, -0.1) is 0 Å². The zero-order valence-corrected chi connectivity index (χ0v) is 20.0. The Morgan fingerprint density at radius 2 is 1.69 bits per heavy atom. The molecule has 186 valence electrons. The van der Waals surface area contributed by atoms with Gasteiger partial charge >= 0.3 is 5.97 Å². The van der Waals surface area contributed by atoms with Crippen LogP contribution in [0.1, 0.15) is 49.9 Å². The normalized spacial score (nSPS) is 15.9. The SMILES string of the molecule is CC(C)=CCc1cc(C2=C(O)/C(=C/c3ccc(O)c(CC(O)C(C)(C)O)c3)OC2=O)c(O)cc1O. The number of rotatable bonds is 7. The molecule has 0 aliphatic carbocycles. The van der Waals surface area contributed by atoms with Gasteiger partial charge in [0.2, 0.25) is 0 Å². The Balaban J connectivity index is 2.00. The van der Waals surface area contributed by atoms with E-state index in [2.05, 4.69) is 0 Å². The third-order valence-electron chi connectivity index (χ3n) is 5.70. The molecule has 0 fully saturated rings. The fourth-order valence-corrected chi connectivity index (χ4v) is 3.52. The van der Waals surface area contributed by atoms with Gasteiger partial charge in [-0.3, -0.25) is 0 Å². The van der Waals surface area contributed by atoms with Gasteiger partial charge in [0.05, 0.1) is 11.7 Å². The van der Waals surface area contributed by atoms with Crippen molar-refractivity contribution in [3.63, 3.8) is 0 Å². The number of aromatic hydroxyl groups is 3. The molecule has 0 spiro atoms. The van der Waals surface area contributed by atoms with Crippen molar-refractivity contribution in [1.82, 2.24) is 0 Å². The summed E-state index contributed by atoms with van der Waals surface area (Å²) in [7, 11) is 0. The second-order valence-electron chi connectivity index (χ2n) is 9.37. The van der Waals surface area contributed by atoms with Crippen LogP contribution in [0.25, 0.3) is 11.6 Å². The molecular weight excluding hydrogens is 452 g/mol. The van der Waals surface area contributed by atoms with Crippen LogP contribution in [0.2, 0.25) is 0 Å². The quantitative estimate of drug-likeness (QED) is 0.258. The molecule has 1 heterocycles. The summed E-state index contributed by atoms with van der Waals surface area (Å²) in [6.07, 6.45) is 2.44. The first-order chi connectivity index (χ1) is 16.3. The Hall–Kier alpha value is -3.75. The molecule has 1 atom stereocenters. The molecule has 3 rings (SSSR count). The van der Waals surface area contributed by atoms with Gasteiger partial charge in [0, 0.05) is 18.1 Å². The molecule has 8 heteroatoms. The summed E-state index contributed by atoms with van der Waals surface area (Å²) in [4.78, 5) is 12.6. The predicted octanol–water partition coefficient (Wildman–Crippen LogP) is 3.85. The van der Waals surface area contributed by atoms with Crippen LogP contribution < -0.4 is 0 Å². The van der Waals surface area contributed by atoms with E-state index in [-0.39, 0.29) is 34.8 Å². The number of aliphatic hydroxyl groups excluding tert-OH is 2. The third-order valence-corrected chi connectivity index (χ3v) is 5.70. The van der Waals surface area contributed by atoms with E-state index in [1.165, 1.54) is 44.2 Å². The highest BCUT2D eigenvalue weighted by Gasteiger charge is 2.33. The number of allylic oxidation sites excluding steroid dienone is 2. The predicted molar refractivity (Wildman–Crippen MR) is 131 cm³/mol. The number of cyclic esters (lactones) is 1. The van der Waals surface area contributed by atoms with E-state index in [0.717, 1.165) is 11.6 Å². The number of carbonyl (C=O) groups excluding carboxylic acids is 1. The van der Waals surface area contributed by atoms with Crippen LogP contribution in [0.5, 0.6) is 17.2 Å². The van der Waals surface area contributed by atoms with Gasteiger partial charge in [0.15, 0.2) is 11.5 Å². The first kappa shape index (κ1) is 25.9. The number of benzene rings is 2. The van der Waals surface area contributed by atoms with Crippen molar-refractivity contribution in [2.45, 2.75) is 52.2 Å². The van der Waals surface area contributed by atoms with E-state index in [9.17, 15) is 35.4 Å². The summed E-state index contributed by atoms with van der Waals surface area (Å²) in [6.45, 7) is 6.70. The average Bonchev–Trinajstić information content (AvgIpc) is 3.02. The Bertz CT molecular complexity index is 1240. The van der Waals surface area contributed by atoms with E-state index in [0.29, 0.717) is 23.1 Å². The van der Waals surface area contributed by atoms with Gasteiger partial charge in [-0.25, -0.2) is 4.79 Å². The molecule has 0 radical (unpaired) electrons. The monoisotopic (exact) mass is 482 g/mol. The van der Waals surface area contributed by atoms with Crippen molar-refractivity contribution < 1.29 is 40.2 Å². The van der Waals surface area contributed by atoms with Gasteiger partial charge in [0.25, 0.3) is 0 Å². The number of phenolic OH excluding ortho intramolecular Hbond substituents is 3. The smallest absolute Gasteiger partial charge is 0.348 e. The Morgan fingerprint density at radius 1 is 1.00 bits per heavy atom. The van der Waals surface area contributed by atoms with E-state index in [1.54, 1.807) is 0 Å². The summed E-state index contributed by atoms with van der Waals surface area (Å²) in [5.41, 5.74) is 0.675. The van der Waals surface area contributed by atoms with Crippen LogP contribution in [0, 0.1) is 0 Å². The molecule has 6 N–H and O–H groups in total. The number of phenols is 3. The zero-order valence-electron chi connectivity index (χ0n) is 20.0. The van der Waals surface area contributed by atoms with Crippen molar-refractivity contribution in [1.29, 1.82) is 0 Å². The summed E-state index contributed by atoms with van der Waals surface area (Å²) >= 11 is 0. The lowest BCUT2D eigenvalue weighted by Crippen LogP contribution is -2.37. The maximum atomic E-state index is 12.6. The van der Waals surface area contributed by atoms with E-state index >= 15 is 0 Å². The minimum Gasteiger partial charge on any atom is -0.508 e.